The van der Waals surface area contributed by atoms with Gasteiger partial charge in [-0.25, -0.2) is 0 Å². The minimum absolute atomic E-state index is 0.0838. The zero-order valence-electron chi connectivity index (χ0n) is 14.3. The molecule has 0 unspecified atom stereocenters. The van der Waals surface area contributed by atoms with E-state index in [2.05, 4.69) is 10.6 Å². The number of carbonyl (C=O) groups excluding carboxylic acids is 2. The Labute approximate surface area is 136 Å². The number of hydrogen-bond donors (Lipinski definition) is 2. The molecular weight excluding hydrogens is 298 g/mol. The van der Waals surface area contributed by atoms with E-state index in [0.717, 1.165) is 0 Å². The highest BCUT2D eigenvalue weighted by Crippen LogP contribution is 2.31. The molecule has 0 heterocycles. The van der Waals surface area contributed by atoms with Crippen LogP contribution in [0.4, 0.5) is 5.69 Å². The molecule has 0 aromatic heterocycles. The van der Waals surface area contributed by atoms with Crippen LogP contribution in [-0.4, -0.2) is 29.8 Å². The molecule has 0 aliphatic carbocycles. The fourth-order valence-corrected chi connectivity index (χ4v) is 1.92. The highest BCUT2D eigenvalue weighted by molar-refractivity contribution is 5.88. The summed E-state index contributed by atoms with van der Waals surface area (Å²) in [7, 11) is 0. The molecule has 2 amide bonds. The molecule has 128 valence electrons. The van der Waals surface area contributed by atoms with Crippen LogP contribution in [0.25, 0.3) is 0 Å². The maximum Gasteiger partial charge on any atom is 0.273 e. The fraction of sp³-hybridized carbons (Fsp3) is 0.500. The molecule has 1 aromatic carbocycles. The van der Waals surface area contributed by atoms with E-state index in [1.165, 1.54) is 13.0 Å². The van der Waals surface area contributed by atoms with E-state index >= 15 is 0 Å². The summed E-state index contributed by atoms with van der Waals surface area (Å²) in [5.74, 6) is -0.510. The van der Waals surface area contributed by atoms with Gasteiger partial charge < -0.3 is 10.6 Å². The summed E-state index contributed by atoms with van der Waals surface area (Å²) >= 11 is 0. The van der Waals surface area contributed by atoms with Crippen molar-refractivity contribution >= 4 is 17.5 Å². The predicted molar refractivity (Wildman–Crippen MR) is 89.2 cm³/mol. The number of nitro groups is 1. The molecule has 7 nitrogen and oxygen atoms in total. The summed E-state index contributed by atoms with van der Waals surface area (Å²) in [5.41, 5.74) is -0.772. The molecule has 0 bridgehead atoms. The Hall–Kier alpha value is -2.44. The minimum atomic E-state index is -1.04. The average molecular weight is 323 g/mol. The van der Waals surface area contributed by atoms with Crippen LogP contribution in [0.3, 0.4) is 0 Å². The molecule has 23 heavy (non-hydrogen) atoms. The first-order chi connectivity index (χ1) is 10.8. The normalized spacial score (nSPS) is 10.1. The third-order valence-electron chi connectivity index (χ3n) is 3.13. The van der Waals surface area contributed by atoms with Crippen molar-refractivity contribution in [3.63, 3.8) is 0 Å². The molecule has 0 saturated heterocycles. The molecule has 2 N–H and O–H groups in total. The number of rotatable bonds is 6. The van der Waals surface area contributed by atoms with Crippen molar-refractivity contribution in [3.8, 4) is 0 Å². The van der Waals surface area contributed by atoms with Crippen LogP contribution in [0.2, 0.25) is 0 Å². The zero-order chi connectivity index (χ0) is 18.0. The molecule has 0 aliphatic heterocycles. The quantitative estimate of drug-likeness (QED) is 0.476. The van der Waals surface area contributed by atoms with Gasteiger partial charge in [-0.3, -0.25) is 19.7 Å². The number of hydrogen-bond acceptors (Lipinski definition) is 4. The zero-order valence-corrected chi connectivity index (χ0v) is 14.3. The van der Waals surface area contributed by atoms with Crippen LogP contribution in [0.5, 0.6) is 0 Å². The van der Waals surface area contributed by atoms with Crippen molar-refractivity contribution in [2.24, 2.45) is 0 Å². The molecule has 0 saturated carbocycles. The molecular formula is C16H25N3O4. The second kappa shape index (κ2) is 9.55. The van der Waals surface area contributed by atoms with E-state index < -0.39 is 10.3 Å². The SMILES string of the molecule is CC.CC(=O)NCCNC(=O)C(C)(C)c1ccccc1[N+](=O)[O-]. The van der Waals surface area contributed by atoms with Crippen LogP contribution >= 0.6 is 0 Å². The number of benzene rings is 1. The summed E-state index contributed by atoms with van der Waals surface area (Å²) in [6.07, 6.45) is 0. The van der Waals surface area contributed by atoms with Crippen molar-refractivity contribution in [1.29, 1.82) is 0 Å². The highest BCUT2D eigenvalue weighted by Gasteiger charge is 2.35. The summed E-state index contributed by atoms with van der Waals surface area (Å²) in [6.45, 7) is 9.22. The molecule has 0 fully saturated rings. The van der Waals surface area contributed by atoms with Crippen LogP contribution < -0.4 is 10.6 Å². The van der Waals surface area contributed by atoms with Gasteiger partial charge in [-0.1, -0.05) is 32.0 Å². The van der Waals surface area contributed by atoms with Crippen molar-refractivity contribution in [2.75, 3.05) is 13.1 Å². The minimum Gasteiger partial charge on any atom is -0.355 e. The second-order valence-electron chi connectivity index (χ2n) is 5.14. The van der Waals surface area contributed by atoms with Crippen molar-refractivity contribution < 1.29 is 14.5 Å². The molecule has 1 aromatic rings. The first-order valence-electron chi connectivity index (χ1n) is 7.53. The van der Waals surface area contributed by atoms with Gasteiger partial charge >= 0.3 is 0 Å². The van der Waals surface area contributed by atoms with Gasteiger partial charge in [0, 0.05) is 31.6 Å². The Morgan fingerprint density at radius 1 is 1.13 bits per heavy atom. The summed E-state index contributed by atoms with van der Waals surface area (Å²) in [4.78, 5) is 33.5. The van der Waals surface area contributed by atoms with Gasteiger partial charge in [-0.05, 0) is 13.8 Å². The van der Waals surface area contributed by atoms with E-state index in [4.69, 9.17) is 0 Å². The Bertz CT molecular complexity index is 556. The van der Waals surface area contributed by atoms with Gasteiger partial charge in [-0.2, -0.15) is 0 Å². The van der Waals surface area contributed by atoms with Gasteiger partial charge in [-0.15, -0.1) is 0 Å². The predicted octanol–water partition coefficient (Wildman–Crippen LogP) is 2.15. The van der Waals surface area contributed by atoms with Crippen LogP contribution in [-0.2, 0) is 15.0 Å². The number of amides is 2. The van der Waals surface area contributed by atoms with E-state index in [1.54, 1.807) is 32.0 Å². The summed E-state index contributed by atoms with van der Waals surface area (Å²) < 4.78 is 0. The molecule has 0 aliphatic rings. The maximum atomic E-state index is 12.2. The standard InChI is InChI=1S/C14H19N3O4.C2H6/c1-10(18)15-8-9-16-13(19)14(2,3)11-6-4-5-7-12(11)17(20)21;1-2/h4-7H,8-9H2,1-3H3,(H,15,18)(H,16,19);1-2H3. The lowest BCUT2D eigenvalue weighted by atomic mass is 9.82. The van der Waals surface area contributed by atoms with E-state index in [0.29, 0.717) is 12.1 Å². The number of nitrogens with one attached hydrogen (secondary N) is 2. The second-order valence-corrected chi connectivity index (χ2v) is 5.14. The number of nitrogens with zero attached hydrogens (tertiary/aromatic N) is 1. The van der Waals surface area contributed by atoms with Crippen molar-refractivity contribution in [2.45, 2.75) is 40.0 Å². The molecule has 0 radical (unpaired) electrons. The van der Waals surface area contributed by atoms with Crippen molar-refractivity contribution in [3.05, 3.63) is 39.9 Å². The maximum absolute atomic E-state index is 12.2. The largest absolute Gasteiger partial charge is 0.355 e. The lowest BCUT2D eigenvalue weighted by Crippen LogP contribution is -2.43. The van der Waals surface area contributed by atoms with E-state index in [-0.39, 0.29) is 24.0 Å². The number of nitro benzene ring substituents is 1. The van der Waals surface area contributed by atoms with E-state index in [1.807, 2.05) is 13.8 Å². The van der Waals surface area contributed by atoms with Gasteiger partial charge in [0.2, 0.25) is 11.8 Å². The lowest BCUT2D eigenvalue weighted by molar-refractivity contribution is -0.385. The number of para-hydroxylation sites is 1. The third-order valence-corrected chi connectivity index (χ3v) is 3.13. The van der Waals surface area contributed by atoms with Gasteiger partial charge in [0.25, 0.3) is 5.69 Å². The Balaban J connectivity index is 0.00000232. The summed E-state index contributed by atoms with van der Waals surface area (Å²) in [5, 5.41) is 16.3. The van der Waals surface area contributed by atoms with Crippen LogP contribution in [0.15, 0.2) is 24.3 Å². The molecule has 1 rings (SSSR count). The molecule has 7 heteroatoms. The van der Waals surface area contributed by atoms with Gasteiger partial charge in [0.15, 0.2) is 0 Å². The molecule has 0 atom stereocenters. The van der Waals surface area contributed by atoms with Crippen LogP contribution in [0, 0.1) is 10.1 Å². The number of carbonyl (C=O) groups is 2. The fourth-order valence-electron chi connectivity index (χ4n) is 1.92. The Morgan fingerprint density at radius 2 is 1.65 bits per heavy atom. The van der Waals surface area contributed by atoms with E-state index in [9.17, 15) is 19.7 Å². The van der Waals surface area contributed by atoms with Gasteiger partial charge in [0.1, 0.15) is 0 Å². The first kappa shape index (κ1) is 20.6. The first-order valence-corrected chi connectivity index (χ1v) is 7.53. The average Bonchev–Trinajstić information content (AvgIpc) is 2.53. The summed E-state index contributed by atoms with van der Waals surface area (Å²) in [6, 6.07) is 6.17. The van der Waals surface area contributed by atoms with Gasteiger partial charge in [0.05, 0.1) is 10.3 Å². The molecule has 0 spiro atoms. The third kappa shape index (κ3) is 6.06. The Kier molecular flexibility index (Phi) is 8.54. The topological polar surface area (TPSA) is 101 Å². The monoisotopic (exact) mass is 323 g/mol. The lowest BCUT2D eigenvalue weighted by Gasteiger charge is -2.23. The van der Waals surface area contributed by atoms with Crippen molar-refractivity contribution in [1.82, 2.24) is 10.6 Å². The smallest absolute Gasteiger partial charge is 0.273 e. The highest BCUT2D eigenvalue weighted by atomic mass is 16.6. The Morgan fingerprint density at radius 3 is 2.17 bits per heavy atom. The van der Waals surface area contributed by atoms with Crippen LogP contribution in [0.1, 0.15) is 40.2 Å².